The van der Waals surface area contributed by atoms with Crippen molar-refractivity contribution < 1.29 is 37.2 Å². The molecule has 4 fully saturated rings. The van der Waals surface area contributed by atoms with Gasteiger partial charge in [-0.3, -0.25) is 0 Å². The summed E-state index contributed by atoms with van der Waals surface area (Å²) in [5, 5.41) is 0. The van der Waals surface area contributed by atoms with Gasteiger partial charge in [0, 0.05) is 0 Å². The van der Waals surface area contributed by atoms with E-state index in [4.69, 9.17) is 47.2 Å². The SMILES string of the molecule is Cc1nc(-c2cc(B3OC(C)(C)C(C)(C)O3)cc(B3OC(C)(C)C(C)(C)O3)c2)cc(-c2cc(B3OC(C)(C)C(C)(C)O3)cc(B3OC(C)(C)C(C)(C)O3)c2)n1. The van der Waals surface area contributed by atoms with Gasteiger partial charge in [-0.05, 0) is 157 Å². The van der Waals surface area contributed by atoms with E-state index in [0.29, 0.717) is 5.82 Å². The lowest BCUT2D eigenvalue weighted by Crippen LogP contribution is -2.41. The van der Waals surface area contributed by atoms with Crippen molar-refractivity contribution in [2.45, 2.75) is 163 Å². The second-order valence-electron chi connectivity index (χ2n) is 19.8. The van der Waals surface area contributed by atoms with E-state index in [0.717, 1.165) is 44.4 Å². The molecule has 4 aliphatic rings. The van der Waals surface area contributed by atoms with Crippen LogP contribution < -0.4 is 21.9 Å². The van der Waals surface area contributed by atoms with Crippen LogP contribution >= 0.6 is 0 Å². The van der Waals surface area contributed by atoms with E-state index in [-0.39, 0.29) is 0 Å². The van der Waals surface area contributed by atoms with Gasteiger partial charge in [-0.15, -0.1) is 0 Å². The molecule has 55 heavy (non-hydrogen) atoms. The second-order valence-corrected chi connectivity index (χ2v) is 19.8. The van der Waals surface area contributed by atoms with Gasteiger partial charge in [0.1, 0.15) is 5.82 Å². The predicted octanol–water partition coefficient (Wildman–Crippen LogP) is 5.32. The summed E-state index contributed by atoms with van der Waals surface area (Å²) in [6.07, 6.45) is 0. The molecule has 0 radical (unpaired) electrons. The number of hydrogen-bond donors (Lipinski definition) is 0. The molecule has 14 heteroatoms. The Hall–Kier alpha value is -2.54. The second kappa shape index (κ2) is 12.7. The highest BCUT2D eigenvalue weighted by atomic mass is 16.7. The number of rotatable bonds is 6. The molecule has 0 bridgehead atoms. The third kappa shape index (κ3) is 7.07. The molecule has 0 unspecified atom stereocenters. The summed E-state index contributed by atoms with van der Waals surface area (Å²) in [4.78, 5) is 9.96. The first kappa shape index (κ1) is 40.6. The van der Waals surface area contributed by atoms with Gasteiger partial charge in [-0.2, -0.15) is 0 Å². The normalized spacial score (nSPS) is 25.3. The first-order valence-electron chi connectivity index (χ1n) is 19.6. The fourth-order valence-electron chi connectivity index (χ4n) is 6.97. The summed E-state index contributed by atoms with van der Waals surface area (Å²) in [5.41, 5.74) is 2.43. The summed E-state index contributed by atoms with van der Waals surface area (Å²) in [5.74, 6) is 0.615. The molecule has 4 saturated heterocycles. The van der Waals surface area contributed by atoms with Crippen LogP contribution in [0.3, 0.4) is 0 Å². The summed E-state index contributed by atoms with van der Waals surface area (Å²) in [6.45, 7) is 34.8. The summed E-state index contributed by atoms with van der Waals surface area (Å²) in [7, 11) is -2.42. The monoisotopic (exact) mass is 750 g/mol. The van der Waals surface area contributed by atoms with E-state index in [2.05, 4.69) is 147 Å². The van der Waals surface area contributed by atoms with Crippen LogP contribution in [-0.4, -0.2) is 83.2 Å². The highest BCUT2D eigenvalue weighted by Gasteiger charge is 2.56. The van der Waals surface area contributed by atoms with Gasteiger partial charge in [-0.25, -0.2) is 9.97 Å². The summed E-state index contributed by atoms with van der Waals surface area (Å²) >= 11 is 0. The predicted molar refractivity (Wildman–Crippen MR) is 221 cm³/mol. The van der Waals surface area contributed by atoms with Crippen molar-refractivity contribution in [3.63, 3.8) is 0 Å². The Morgan fingerprint density at radius 1 is 0.327 bits per heavy atom. The van der Waals surface area contributed by atoms with Crippen LogP contribution in [0.4, 0.5) is 0 Å². The molecule has 5 heterocycles. The molecule has 4 aliphatic heterocycles. The zero-order valence-corrected chi connectivity index (χ0v) is 36.0. The van der Waals surface area contributed by atoms with Crippen molar-refractivity contribution in [2.75, 3.05) is 0 Å². The van der Waals surface area contributed by atoms with Gasteiger partial charge in [0.05, 0.1) is 56.2 Å². The van der Waals surface area contributed by atoms with E-state index in [1.54, 1.807) is 0 Å². The molecule has 0 saturated carbocycles. The lowest BCUT2D eigenvalue weighted by molar-refractivity contribution is 0.00578. The van der Waals surface area contributed by atoms with Gasteiger partial charge in [0.2, 0.25) is 0 Å². The van der Waals surface area contributed by atoms with Crippen LogP contribution in [0.1, 0.15) is 117 Å². The summed E-state index contributed by atoms with van der Waals surface area (Å²) < 4.78 is 52.4. The molecule has 2 aromatic carbocycles. The third-order valence-corrected chi connectivity index (χ3v) is 13.5. The Labute approximate surface area is 330 Å². The van der Waals surface area contributed by atoms with Gasteiger partial charge < -0.3 is 37.2 Å². The lowest BCUT2D eigenvalue weighted by atomic mass is 9.70. The smallest absolute Gasteiger partial charge is 0.399 e. The lowest BCUT2D eigenvalue weighted by Gasteiger charge is -2.32. The molecule has 1 aromatic heterocycles. The highest BCUT2D eigenvalue weighted by molar-refractivity contribution is 6.67. The molecular formula is C41H58B4N2O8. The Morgan fingerprint density at radius 3 is 0.727 bits per heavy atom. The van der Waals surface area contributed by atoms with Crippen LogP contribution in [-0.2, 0) is 37.2 Å². The molecule has 0 amide bonds. The van der Waals surface area contributed by atoms with Crippen molar-refractivity contribution in [3.8, 4) is 22.5 Å². The fourth-order valence-corrected chi connectivity index (χ4v) is 6.97. The molecule has 10 nitrogen and oxygen atoms in total. The average Bonchev–Trinajstić information content (AvgIpc) is 3.60. The quantitative estimate of drug-likeness (QED) is 0.309. The van der Waals surface area contributed by atoms with Crippen molar-refractivity contribution in [2.24, 2.45) is 0 Å². The zero-order valence-electron chi connectivity index (χ0n) is 36.0. The molecule has 292 valence electrons. The van der Waals surface area contributed by atoms with Crippen molar-refractivity contribution in [1.29, 1.82) is 0 Å². The Kier molecular flexibility index (Phi) is 9.41. The summed E-state index contributed by atoms with van der Waals surface area (Å²) in [6, 6.07) is 14.5. The van der Waals surface area contributed by atoms with Crippen LogP contribution in [0.5, 0.6) is 0 Å². The first-order valence-corrected chi connectivity index (χ1v) is 19.6. The van der Waals surface area contributed by atoms with Crippen molar-refractivity contribution in [3.05, 3.63) is 48.3 Å². The Morgan fingerprint density at radius 2 is 0.527 bits per heavy atom. The largest absolute Gasteiger partial charge is 0.494 e. The minimum absolute atomic E-state index is 0.520. The minimum atomic E-state index is -0.604. The molecule has 7 rings (SSSR count). The molecule has 3 aromatic rings. The van der Waals surface area contributed by atoms with E-state index in [1.165, 1.54) is 0 Å². The minimum Gasteiger partial charge on any atom is -0.399 e. The van der Waals surface area contributed by atoms with Gasteiger partial charge in [0.15, 0.2) is 0 Å². The zero-order chi connectivity index (χ0) is 40.5. The standard InChI is InChI=1S/C41H58B4N2O8/c1-25-46-32(26-18-28(42-48-34(2,3)35(4,5)49-42)22-29(19-26)43-50-36(6,7)37(8,9)51-43)24-33(47-25)27-20-30(44-52-38(10,11)39(12,13)53-44)23-31(21-27)45-54-40(14,15)41(16,17)55-45/h18-24H,1-17H3. The number of hydrogen-bond acceptors (Lipinski definition) is 10. The maximum atomic E-state index is 6.56. The molecule has 0 N–H and O–H groups in total. The van der Waals surface area contributed by atoms with Crippen LogP contribution in [0.15, 0.2) is 42.5 Å². The van der Waals surface area contributed by atoms with E-state index in [1.807, 2.05) is 13.0 Å². The van der Waals surface area contributed by atoms with Crippen molar-refractivity contribution >= 4 is 50.3 Å². The highest BCUT2D eigenvalue weighted by Crippen LogP contribution is 2.40. The first-order chi connectivity index (χ1) is 25.0. The third-order valence-electron chi connectivity index (χ3n) is 13.5. The number of aryl methyl sites for hydroxylation is 1. The fraction of sp³-hybridized carbons (Fsp3) is 0.610. The van der Waals surface area contributed by atoms with Crippen LogP contribution in [0.2, 0.25) is 0 Å². The van der Waals surface area contributed by atoms with E-state index < -0.39 is 73.3 Å². The topological polar surface area (TPSA) is 99.6 Å². The molecule has 0 aliphatic carbocycles. The maximum Gasteiger partial charge on any atom is 0.494 e. The van der Waals surface area contributed by atoms with E-state index in [9.17, 15) is 0 Å². The average molecular weight is 750 g/mol. The number of nitrogens with zero attached hydrogens (tertiary/aromatic N) is 2. The Bertz CT molecular complexity index is 1700. The van der Waals surface area contributed by atoms with Gasteiger partial charge in [-0.1, -0.05) is 36.4 Å². The van der Waals surface area contributed by atoms with Crippen LogP contribution in [0.25, 0.3) is 22.5 Å². The van der Waals surface area contributed by atoms with Crippen molar-refractivity contribution in [1.82, 2.24) is 9.97 Å². The molecular weight excluding hydrogens is 692 g/mol. The molecule has 0 atom stereocenters. The number of aromatic nitrogens is 2. The Balaban J connectivity index is 1.35. The van der Waals surface area contributed by atoms with E-state index >= 15 is 0 Å². The van der Waals surface area contributed by atoms with Gasteiger partial charge >= 0.3 is 28.5 Å². The maximum absolute atomic E-state index is 6.56. The van der Waals surface area contributed by atoms with Gasteiger partial charge in [0.25, 0.3) is 0 Å². The molecule has 0 spiro atoms. The van der Waals surface area contributed by atoms with Crippen LogP contribution in [0, 0.1) is 6.92 Å². The number of benzene rings is 2.